The number of rotatable bonds is 0. The lowest BCUT2D eigenvalue weighted by Crippen LogP contribution is -1.49. The van der Waals surface area contributed by atoms with E-state index < -0.39 is 0 Å². The fraction of sp³-hybridized carbons (Fsp3) is 0.200. The number of aryl methyl sites for hydroxylation is 1. The summed E-state index contributed by atoms with van der Waals surface area (Å²) in [7, 11) is 0. The summed E-state index contributed by atoms with van der Waals surface area (Å²) < 4.78 is 5.80. The Morgan fingerprint density at radius 3 is 2.43 bits per heavy atom. The predicted molar refractivity (Wildman–Crippen MR) is 31.1 cm³/mol. The highest BCUT2D eigenvalue weighted by molar-refractivity contribution is 9.10. The highest BCUT2D eigenvalue weighted by atomic mass is 79.9. The Labute approximate surface area is 50.5 Å². The molecule has 0 fully saturated rings. The van der Waals surface area contributed by atoms with Gasteiger partial charge in [0.2, 0.25) is 0 Å². The average Bonchev–Trinajstić information content (AvgIpc) is 1.87. The Hall–Kier alpha value is -0.240. The fourth-order valence-corrected chi connectivity index (χ4v) is 0.792. The maximum absolute atomic E-state index is 5.00. The summed E-state index contributed by atoms with van der Waals surface area (Å²) in [5.74, 6) is 0.937. The van der Waals surface area contributed by atoms with Crippen molar-refractivity contribution in [2.24, 2.45) is 0 Å². The quantitative estimate of drug-likeness (QED) is 0.569. The largest absolute Gasteiger partial charge is 0.455 e. The van der Waals surface area contributed by atoms with E-state index in [9.17, 15) is 0 Å². The van der Waals surface area contributed by atoms with Crippen LogP contribution in [0.3, 0.4) is 0 Å². The van der Waals surface area contributed by atoms with E-state index in [0.717, 1.165) is 10.4 Å². The molecule has 0 N–H and O–H groups in total. The molecular formula is C5H5BrO. The van der Waals surface area contributed by atoms with Crippen molar-refractivity contribution in [2.75, 3.05) is 0 Å². The van der Waals surface area contributed by atoms with Gasteiger partial charge in [0.25, 0.3) is 0 Å². The summed E-state index contributed by atoms with van der Waals surface area (Å²) in [4.78, 5) is 0. The van der Waals surface area contributed by atoms with E-state index in [1.54, 1.807) is 0 Å². The van der Waals surface area contributed by atoms with Gasteiger partial charge in [0, 0.05) is 0 Å². The molecule has 1 aromatic rings. The van der Waals surface area contributed by atoms with Crippen LogP contribution in [-0.4, -0.2) is 0 Å². The molecule has 0 radical (unpaired) electrons. The molecule has 0 aliphatic heterocycles. The molecule has 0 saturated heterocycles. The lowest BCUT2D eigenvalue weighted by Gasteiger charge is -1.74. The maximum Gasteiger partial charge on any atom is 0.169 e. The molecule has 2 heteroatoms. The minimum absolute atomic E-state index is 0.796. The van der Waals surface area contributed by atoms with E-state index in [-0.39, 0.29) is 0 Å². The molecule has 1 rings (SSSR count). The van der Waals surface area contributed by atoms with E-state index >= 15 is 0 Å². The second-order valence-corrected chi connectivity index (χ2v) is 2.13. The molecule has 0 aromatic carbocycles. The molecule has 7 heavy (non-hydrogen) atoms. The van der Waals surface area contributed by atoms with Crippen LogP contribution in [0.4, 0.5) is 0 Å². The first-order valence-electron chi connectivity index (χ1n) is 2.01. The second-order valence-electron chi connectivity index (χ2n) is 1.35. The molecule has 0 atom stereocenters. The van der Waals surface area contributed by atoms with Gasteiger partial charge < -0.3 is 4.42 Å². The standard InChI is InChI=1S/C5H5BrO/c1-4-2-3-5(6)7-4/h2-3H,1H3. The first-order valence-corrected chi connectivity index (χ1v) is 2.80. The summed E-state index contributed by atoms with van der Waals surface area (Å²) in [6, 6.07) is 3.78. The monoisotopic (exact) mass is 160 g/mol. The van der Waals surface area contributed by atoms with Crippen LogP contribution >= 0.6 is 15.9 Å². The number of hydrogen-bond acceptors (Lipinski definition) is 1. The zero-order valence-electron chi connectivity index (χ0n) is 3.94. The Kier molecular flexibility index (Phi) is 1.19. The Morgan fingerprint density at radius 2 is 2.29 bits per heavy atom. The lowest BCUT2D eigenvalue weighted by atomic mass is 10.5. The zero-order chi connectivity index (χ0) is 5.28. The number of hydrogen-bond donors (Lipinski definition) is 0. The van der Waals surface area contributed by atoms with E-state index in [1.807, 2.05) is 19.1 Å². The second kappa shape index (κ2) is 1.70. The third-order valence-corrected chi connectivity index (χ3v) is 1.13. The van der Waals surface area contributed by atoms with Crippen LogP contribution in [0.15, 0.2) is 21.2 Å². The molecule has 1 aromatic heterocycles. The van der Waals surface area contributed by atoms with E-state index in [4.69, 9.17) is 4.42 Å². The van der Waals surface area contributed by atoms with Crippen LogP contribution in [0, 0.1) is 6.92 Å². The van der Waals surface area contributed by atoms with Gasteiger partial charge in [-0.1, -0.05) is 0 Å². The normalized spacial score (nSPS) is 9.43. The third-order valence-electron chi connectivity index (χ3n) is 0.708. The van der Waals surface area contributed by atoms with Gasteiger partial charge in [-0.15, -0.1) is 0 Å². The van der Waals surface area contributed by atoms with Gasteiger partial charge in [0.05, 0.1) is 0 Å². The zero-order valence-corrected chi connectivity index (χ0v) is 5.53. The molecule has 38 valence electrons. The predicted octanol–water partition coefficient (Wildman–Crippen LogP) is 2.35. The fourth-order valence-electron chi connectivity index (χ4n) is 0.405. The lowest BCUT2D eigenvalue weighted by molar-refractivity contribution is 0.510. The average molecular weight is 161 g/mol. The molecule has 0 spiro atoms. The van der Waals surface area contributed by atoms with Crippen molar-refractivity contribution in [1.82, 2.24) is 0 Å². The van der Waals surface area contributed by atoms with Gasteiger partial charge in [-0.3, -0.25) is 0 Å². The summed E-state index contributed by atoms with van der Waals surface area (Å²) in [5, 5.41) is 0. The minimum atomic E-state index is 0.796. The van der Waals surface area contributed by atoms with Crippen LogP contribution in [0.25, 0.3) is 0 Å². The molecule has 0 unspecified atom stereocenters. The Bertz CT molecular complexity index is 140. The number of furan rings is 1. The summed E-state index contributed by atoms with van der Waals surface area (Å²) in [6.45, 7) is 1.91. The van der Waals surface area contributed by atoms with Gasteiger partial charge in [0.15, 0.2) is 4.67 Å². The van der Waals surface area contributed by atoms with E-state index in [1.165, 1.54) is 0 Å². The molecule has 1 heterocycles. The van der Waals surface area contributed by atoms with Gasteiger partial charge in [-0.05, 0) is 35.0 Å². The van der Waals surface area contributed by atoms with Crippen molar-refractivity contribution in [3.63, 3.8) is 0 Å². The highest BCUT2D eigenvalue weighted by Crippen LogP contribution is 2.11. The van der Waals surface area contributed by atoms with Gasteiger partial charge in [-0.25, -0.2) is 0 Å². The maximum atomic E-state index is 5.00. The molecule has 1 nitrogen and oxygen atoms in total. The van der Waals surface area contributed by atoms with Crippen LogP contribution in [0.1, 0.15) is 5.76 Å². The van der Waals surface area contributed by atoms with Crippen molar-refractivity contribution < 1.29 is 4.42 Å². The summed E-state index contributed by atoms with van der Waals surface area (Å²) in [6.07, 6.45) is 0. The van der Waals surface area contributed by atoms with E-state index in [2.05, 4.69) is 15.9 Å². The number of halogens is 1. The summed E-state index contributed by atoms with van der Waals surface area (Å²) >= 11 is 3.17. The molecular weight excluding hydrogens is 156 g/mol. The van der Waals surface area contributed by atoms with Gasteiger partial charge in [-0.2, -0.15) is 0 Å². The van der Waals surface area contributed by atoms with Gasteiger partial charge >= 0.3 is 0 Å². The first-order chi connectivity index (χ1) is 3.29. The Morgan fingerprint density at radius 1 is 1.57 bits per heavy atom. The molecule has 0 aliphatic rings. The molecule has 0 amide bonds. The van der Waals surface area contributed by atoms with Crippen LogP contribution in [0.5, 0.6) is 0 Å². The van der Waals surface area contributed by atoms with Crippen LogP contribution in [0.2, 0.25) is 0 Å². The minimum Gasteiger partial charge on any atom is -0.455 e. The topological polar surface area (TPSA) is 13.1 Å². The van der Waals surface area contributed by atoms with E-state index in [0.29, 0.717) is 0 Å². The van der Waals surface area contributed by atoms with Crippen LogP contribution < -0.4 is 0 Å². The van der Waals surface area contributed by atoms with Crippen molar-refractivity contribution in [1.29, 1.82) is 0 Å². The third kappa shape index (κ3) is 1.06. The molecule has 0 aliphatic carbocycles. The van der Waals surface area contributed by atoms with Crippen molar-refractivity contribution in [2.45, 2.75) is 6.92 Å². The SMILES string of the molecule is Cc1ccc(Br)o1. The smallest absolute Gasteiger partial charge is 0.169 e. The first kappa shape index (κ1) is 4.91. The van der Waals surface area contributed by atoms with Crippen molar-refractivity contribution in [3.8, 4) is 0 Å². The van der Waals surface area contributed by atoms with Crippen LogP contribution in [-0.2, 0) is 0 Å². The van der Waals surface area contributed by atoms with Gasteiger partial charge in [0.1, 0.15) is 5.76 Å². The summed E-state index contributed by atoms with van der Waals surface area (Å²) in [5.41, 5.74) is 0. The van der Waals surface area contributed by atoms with Crippen molar-refractivity contribution >= 4 is 15.9 Å². The van der Waals surface area contributed by atoms with Crippen molar-refractivity contribution in [3.05, 3.63) is 22.6 Å². The Balaban J connectivity index is 3.04. The molecule has 0 bridgehead atoms. The molecule has 0 saturated carbocycles. The highest BCUT2D eigenvalue weighted by Gasteiger charge is 1.87.